The predicted octanol–water partition coefficient (Wildman–Crippen LogP) is 1.19. The molecule has 2 rings (SSSR count). The maximum absolute atomic E-state index is 9.66. The summed E-state index contributed by atoms with van der Waals surface area (Å²) in [6.07, 6.45) is 1.88. The Balaban J connectivity index is 1.95. The van der Waals surface area contributed by atoms with E-state index in [1.165, 1.54) is 5.56 Å². The molecule has 0 aromatic heterocycles. The standard InChI is InChI=1S/C14H22N2O/c15-9-13(12-5-2-1-3-6-12)10-16-8-4-7-14(17)11-16/h1-3,5-6,13-14,17H,4,7-11,15H2. The first-order chi connectivity index (χ1) is 8.29. The quantitative estimate of drug-likeness (QED) is 0.822. The lowest BCUT2D eigenvalue weighted by atomic mass is 9.97. The number of benzene rings is 1. The minimum atomic E-state index is -0.155. The summed E-state index contributed by atoms with van der Waals surface area (Å²) < 4.78 is 0. The number of hydrogen-bond donors (Lipinski definition) is 2. The van der Waals surface area contributed by atoms with Gasteiger partial charge in [0.2, 0.25) is 0 Å². The molecule has 3 N–H and O–H groups in total. The molecule has 1 saturated heterocycles. The lowest BCUT2D eigenvalue weighted by molar-refractivity contribution is 0.0677. The van der Waals surface area contributed by atoms with E-state index < -0.39 is 0 Å². The maximum Gasteiger partial charge on any atom is 0.0667 e. The summed E-state index contributed by atoms with van der Waals surface area (Å²) in [5.74, 6) is 0.376. The second-order valence-corrected chi connectivity index (χ2v) is 4.90. The number of hydrogen-bond acceptors (Lipinski definition) is 3. The van der Waals surface area contributed by atoms with Crippen molar-refractivity contribution in [1.82, 2.24) is 4.90 Å². The van der Waals surface area contributed by atoms with Gasteiger partial charge < -0.3 is 15.7 Å². The Morgan fingerprint density at radius 1 is 1.35 bits per heavy atom. The molecule has 1 aromatic carbocycles. The number of rotatable bonds is 4. The summed E-state index contributed by atoms with van der Waals surface area (Å²) in [6, 6.07) is 10.4. The molecule has 0 amide bonds. The fourth-order valence-corrected chi connectivity index (χ4v) is 2.55. The largest absolute Gasteiger partial charge is 0.392 e. The fraction of sp³-hybridized carbons (Fsp3) is 0.571. The van der Waals surface area contributed by atoms with Gasteiger partial charge in [-0.3, -0.25) is 0 Å². The van der Waals surface area contributed by atoms with Crippen LogP contribution in [0.3, 0.4) is 0 Å². The number of aliphatic hydroxyl groups excluding tert-OH is 1. The third kappa shape index (κ3) is 3.53. The summed E-state index contributed by atoms with van der Waals surface area (Å²) in [5, 5.41) is 9.66. The first-order valence-corrected chi connectivity index (χ1v) is 6.45. The highest BCUT2D eigenvalue weighted by Crippen LogP contribution is 2.18. The Hall–Kier alpha value is -0.900. The SMILES string of the molecule is NCC(CN1CCCC(O)C1)c1ccccc1. The first-order valence-electron chi connectivity index (χ1n) is 6.45. The van der Waals surface area contributed by atoms with Crippen molar-refractivity contribution in [3.05, 3.63) is 35.9 Å². The molecule has 0 spiro atoms. The van der Waals surface area contributed by atoms with E-state index in [0.29, 0.717) is 12.5 Å². The molecule has 2 unspecified atom stereocenters. The molecule has 0 aliphatic carbocycles. The van der Waals surface area contributed by atoms with Crippen molar-refractivity contribution in [3.63, 3.8) is 0 Å². The number of nitrogens with two attached hydrogens (primary N) is 1. The summed E-state index contributed by atoms with van der Waals surface area (Å²) in [7, 11) is 0. The first kappa shape index (κ1) is 12.6. The molecule has 0 saturated carbocycles. The molecular formula is C14H22N2O. The van der Waals surface area contributed by atoms with Crippen LogP contribution in [-0.4, -0.2) is 42.3 Å². The van der Waals surface area contributed by atoms with Crippen molar-refractivity contribution in [3.8, 4) is 0 Å². The summed E-state index contributed by atoms with van der Waals surface area (Å²) >= 11 is 0. The molecule has 3 nitrogen and oxygen atoms in total. The Morgan fingerprint density at radius 2 is 2.12 bits per heavy atom. The third-order valence-electron chi connectivity index (χ3n) is 3.51. The van der Waals surface area contributed by atoms with Gasteiger partial charge in [0.1, 0.15) is 0 Å². The Kier molecular flexibility index (Phi) is 4.54. The van der Waals surface area contributed by atoms with Gasteiger partial charge in [0, 0.05) is 25.6 Å². The zero-order valence-electron chi connectivity index (χ0n) is 10.3. The highest BCUT2D eigenvalue weighted by atomic mass is 16.3. The van der Waals surface area contributed by atoms with E-state index in [-0.39, 0.29) is 6.10 Å². The zero-order valence-corrected chi connectivity index (χ0v) is 10.3. The van der Waals surface area contributed by atoms with Crippen LogP contribution < -0.4 is 5.73 Å². The van der Waals surface area contributed by atoms with Crippen LogP contribution in [0.25, 0.3) is 0 Å². The number of nitrogens with zero attached hydrogens (tertiary/aromatic N) is 1. The topological polar surface area (TPSA) is 49.5 Å². The molecule has 94 valence electrons. The minimum absolute atomic E-state index is 0.155. The zero-order chi connectivity index (χ0) is 12.1. The smallest absolute Gasteiger partial charge is 0.0667 e. The number of β-amino-alcohol motifs (C(OH)–C–C–N with tert-alkyl or cyclic N) is 1. The van der Waals surface area contributed by atoms with Crippen LogP contribution in [0, 0.1) is 0 Å². The Bertz CT molecular complexity index is 328. The van der Waals surface area contributed by atoms with Crippen LogP contribution in [0.15, 0.2) is 30.3 Å². The van der Waals surface area contributed by atoms with E-state index in [0.717, 1.165) is 32.5 Å². The molecule has 1 aromatic rings. The molecule has 1 fully saturated rings. The van der Waals surface area contributed by atoms with Gasteiger partial charge in [-0.2, -0.15) is 0 Å². The molecule has 1 aliphatic heterocycles. The van der Waals surface area contributed by atoms with Gasteiger partial charge >= 0.3 is 0 Å². The molecule has 3 heteroatoms. The van der Waals surface area contributed by atoms with Crippen molar-refractivity contribution in [1.29, 1.82) is 0 Å². The van der Waals surface area contributed by atoms with Gasteiger partial charge in [-0.15, -0.1) is 0 Å². The molecule has 2 atom stereocenters. The molecule has 0 radical (unpaired) electrons. The summed E-state index contributed by atoms with van der Waals surface area (Å²) in [5.41, 5.74) is 7.17. The van der Waals surface area contributed by atoms with E-state index >= 15 is 0 Å². The van der Waals surface area contributed by atoms with E-state index in [9.17, 15) is 5.11 Å². The van der Waals surface area contributed by atoms with Crippen LogP contribution >= 0.6 is 0 Å². The van der Waals surface area contributed by atoms with Crippen LogP contribution in [-0.2, 0) is 0 Å². The van der Waals surface area contributed by atoms with Crippen LogP contribution in [0.5, 0.6) is 0 Å². The number of piperidine rings is 1. The van der Waals surface area contributed by atoms with Crippen LogP contribution in [0.2, 0.25) is 0 Å². The van der Waals surface area contributed by atoms with Crippen molar-refractivity contribution < 1.29 is 5.11 Å². The van der Waals surface area contributed by atoms with Gasteiger partial charge in [-0.25, -0.2) is 0 Å². The van der Waals surface area contributed by atoms with E-state index in [4.69, 9.17) is 5.73 Å². The van der Waals surface area contributed by atoms with E-state index in [2.05, 4.69) is 29.2 Å². The van der Waals surface area contributed by atoms with Gasteiger partial charge in [0.15, 0.2) is 0 Å². The number of aliphatic hydroxyl groups is 1. The predicted molar refractivity (Wildman–Crippen MR) is 69.9 cm³/mol. The second kappa shape index (κ2) is 6.15. The van der Waals surface area contributed by atoms with E-state index in [1.54, 1.807) is 0 Å². The molecule has 0 bridgehead atoms. The van der Waals surface area contributed by atoms with Gasteiger partial charge in [-0.1, -0.05) is 30.3 Å². The molecule has 1 heterocycles. The lowest BCUT2D eigenvalue weighted by Crippen LogP contribution is -2.41. The molecule has 17 heavy (non-hydrogen) atoms. The van der Waals surface area contributed by atoms with Gasteiger partial charge in [0.25, 0.3) is 0 Å². The maximum atomic E-state index is 9.66. The van der Waals surface area contributed by atoms with E-state index in [1.807, 2.05) is 6.07 Å². The normalized spacial score (nSPS) is 23.5. The Morgan fingerprint density at radius 3 is 2.76 bits per heavy atom. The van der Waals surface area contributed by atoms with Crippen molar-refractivity contribution >= 4 is 0 Å². The monoisotopic (exact) mass is 234 g/mol. The fourth-order valence-electron chi connectivity index (χ4n) is 2.55. The van der Waals surface area contributed by atoms with Gasteiger partial charge in [-0.05, 0) is 24.9 Å². The average molecular weight is 234 g/mol. The summed E-state index contributed by atoms with van der Waals surface area (Å²) in [6.45, 7) is 3.50. The second-order valence-electron chi connectivity index (χ2n) is 4.90. The van der Waals surface area contributed by atoms with Crippen molar-refractivity contribution in [2.45, 2.75) is 24.9 Å². The van der Waals surface area contributed by atoms with Gasteiger partial charge in [0.05, 0.1) is 6.10 Å². The highest BCUT2D eigenvalue weighted by molar-refractivity contribution is 5.20. The summed E-state index contributed by atoms with van der Waals surface area (Å²) in [4.78, 5) is 2.33. The van der Waals surface area contributed by atoms with Crippen molar-refractivity contribution in [2.75, 3.05) is 26.2 Å². The highest BCUT2D eigenvalue weighted by Gasteiger charge is 2.20. The molecule has 1 aliphatic rings. The molecular weight excluding hydrogens is 212 g/mol. The van der Waals surface area contributed by atoms with Crippen LogP contribution in [0.1, 0.15) is 24.3 Å². The van der Waals surface area contributed by atoms with Crippen molar-refractivity contribution in [2.24, 2.45) is 5.73 Å². The average Bonchev–Trinajstić information content (AvgIpc) is 2.37. The third-order valence-corrected chi connectivity index (χ3v) is 3.51. The number of likely N-dealkylation sites (tertiary alicyclic amines) is 1. The van der Waals surface area contributed by atoms with Crippen LogP contribution in [0.4, 0.5) is 0 Å². The lowest BCUT2D eigenvalue weighted by Gasteiger charge is -2.32. The Labute approximate surface area is 103 Å². The minimum Gasteiger partial charge on any atom is -0.392 e.